The summed E-state index contributed by atoms with van der Waals surface area (Å²) in [6.07, 6.45) is 1.90. The van der Waals surface area contributed by atoms with Gasteiger partial charge in [0.05, 0.1) is 6.07 Å². The van der Waals surface area contributed by atoms with Crippen LogP contribution in [-0.4, -0.2) is 5.78 Å². The molecule has 0 aromatic heterocycles. The van der Waals surface area contributed by atoms with Gasteiger partial charge in [0.25, 0.3) is 0 Å². The number of ketones is 1. The molecule has 0 heterocycles. The Bertz CT molecular complexity index is 484. The van der Waals surface area contributed by atoms with Crippen molar-refractivity contribution >= 4 is 5.78 Å². The van der Waals surface area contributed by atoms with Crippen molar-refractivity contribution in [2.24, 2.45) is 5.41 Å². The first-order valence-electron chi connectivity index (χ1n) is 5.58. The molecule has 1 aliphatic rings. The highest BCUT2D eigenvalue weighted by atomic mass is 16.1. The number of benzene rings is 1. The Balaban J connectivity index is 2.33. The summed E-state index contributed by atoms with van der Waals surface area (Å²) in [4.78, 5) is 12.2. The van der Waals surface area contributed by atoms with Gasteiger partial charge in [-0.05, 0) is 25.3 Å². The summed E-state index contributed by atoms with van der Waals surface area (Å²) in [7, 11) is 0. The Kier molecular flexibility index (Phi) is 2.55. The summed E-state index contributed by atoms with van der Waals surface area (Å²) >= 11 is 0. The molecular formula is C14H15NO. The number of rotatable bonds is 2. The monoisotopic (exact) mass is 213 g/mol. The number of nitriles is 1. The summed E-state index contributed by atoms with van der Waals surface area (Å²) < 4.78 is 0. The Morgan fingerprint density at radius 2 is 2.25 bits per heavy atom. The predicted molar refractivity (Wildman–Crippen MR) is 62.2 cm³/mol. The van der Waals surface area contributed by atoms with Crippen molar-refractivity contribution in [2.45, 2.75) is 33.1 Å². The Morgan fingerprint density at radius 1 is 1.50 bits per heavy atom. The Labute approximate surface area is 95.9 Å². The lowest BCUT2D eigenvalue weighted by Gasteiger charge is -2.19. The SMILES string of the molecule is Cc1ccc2c(c1)CC(C)(CCC#N)C2=O. The Hall–Kier alpha value is -1.62. The van der Waals surface area contributed by atoms with Crippen molar-refractivity contribution in [3.8, 4) is 6.07 Å². The van der Waals surface area contributed by atoms with E-state index in [2.05, 4.69) is 12.1 Å². The molecule has 82 valence electrons. The molecule has 2 nitrogen and oxygen atoms in total. The molecule has 2 rings (SSSR count). The van der Waals surface area contributed by atoms with Gasteiger partial charge in [-0.3, -0.25) is 4.79 Å². The number of fused-ring (bicyclic) bond motifs is 1. The lowest BCUT2D eigenvalue weighted by molar-refractivity contribution is 0.0832. The van der Waals surface area contributed by atoms with E-state index in [4.69, 9.17) is 5.26 Å². The first kappa shape index (κ1) is 10.9. The van der Waals surface area contributed by atoms with E-state index in [1.54, 1.807) is 0 Å². The molecule has 1 aliphatic carbocycles. The molecule has 0 bridgehead atoms. The molecule has 0 aliphatic heterocycles. The second-order valence-electron chi connectivity index (χ2n) is 4.89. The quantitative estimate of drug-likeness (QED) is 0.757. The first-order valence-corrected chi connectivity index (χ1v) is 5.58. The summed E-state index contributed by atoms with van der Waals surface area (Å²) in [5.41, 5.74) is 2.83. The fraction of sp³-hybridized carbons (Fsp3) is 0.429. The van der Waals surface area contributed by atoms with Crippen LogP contribution in [0.15, 0.2) is 18.2 Å². The van der Waals surface area contributed by atoms with Crippen LogP contribution in [0.3, 0.4) is 0 Å². The predicted octanol–water partition coefficient (Wildman–Crippen LogP) is 3.04. The molecule has 16 heavy (non-hydrogen) atoms. The maximum atomic E-state index is 12.2. The van der Waals surface area contributed by atoms with Crippen molar-refractivity contribution in [2.75, 3.05) is 0 Å². The summed E-state index contributed by atoms with van der Waals surface area (Å²) in [5.74, 6) is 0.206. The molecule has 0 N–H and O–H groups in total. The molecule has 1 atom stereocenters. The largest absolute Gasteiger partial charge is 0.294 e. The molecule has 1 aromatic carbocycles. The molecule has 0 saturated heterocycles. The molecule has 2 heteroatoms. The van der Waals surface area contributed by atoms with Gasteiger partial charge in [-0.15, -0.1) is 0 Å². The van der Waals surface area contributed by atoms with Gasteiger partial charge < -0.3 is 0 Å². The van der Waals surface area contributed by atoms with Crippen LogP contribution in [0.2, 0.25) is 0 Å². The van der Waals surface area contributed by atoms with Crippen LogP contribution in [0.4, 0.5) is 0 Å². The summed E-state index contributed by atoms with van der Waals surface area (Å²) in [6, 6.07) is 8.11. The highest BCUT2D eigenvalue weighted by Crippen LogP contribution is 2.40. The summed E-state index contributed by atoms with van der Waals surface area (Å²) in [5, 5.41) is 8.63. The number of aryl methyl sites for hydroxylation is 1. The molecule has 0 amide bonds. The highest BCUT2D eigenvalue weighted by molar-refractivity contribution is 6.04. The number of hydrogen-bond donors (Lipinski definition) is 0. The fourth-order valence-electron chi connectivity index (χ4n) is 2.45. The van der Waals surface area contributed by atoms with E-state index in [9.17, 15) is 4.79 Å². The van der Waals surface area contributed by atoms with Crippen LogP contribution in [0.1, 0.15) is 41.3 Å². The van der Waals surface area contributed by atoms with Gasteiger partial charge >= 0.3 is 0 Å². The number of carbonyl (C=O) groups is 1. The van der Waals surface area contributed by atoms with E-state index in [1.165, 1.54) is 5.56 Å². The normalized spacial score (nSPS) is 22.9. The van der Waals surface area contributed by atoms with E-state index >= 15 is 0 Å². The lowest BCUT2D eigenvalue weighted by Crippen LogP contribution is -2.23. The average Bonchev–Trinajstić information content (AvgIpc) is 2.49. The van der Waals surface area contributed by atoms with Crippen molar-refractivity contribution in [1.29, 1.82) is 5.26 Å². The van der Waals surface area contributed by atoms with Crippen molar-refractivity contribution in [1.82, 2.24) is 0 Å². The smallest absolute Gasteiger partial charge is 0.169 e. The van der Waals surface area contributed by atoms with Crippen LogP contribution in [0, 0.1) is 23.7 Å². The van der Waals surface area contributed by atoms with Crippen LogP contribution < -0.4 is 0 Å². The van der Waals surface area contributed by atoms with Crippen LogP contribution in [0.25, 0.3) is 0 Å². The molecular weight excluding hydrogens is 198 g/mol. The third-order valence-corrected chi connectivity index (χ3v) is 3.42. The third-order valence-electron chi connectivity index (χ3n) is 3.42. The van der Waals surface area contributed by atoms with Crippen LogP contribution >= 0.6 is 0 Å². The van der Waals surface area contributed by atoms with Gasteiger partial charge in [-0.25, -0.2) is 0 Å². The van der Waals surface area contributed by atoms with E-state index in [1.807, 2.05) is 26.0 Å². The van der Waals surface area contributed by atoms with Crippen LogP contribution in [0.5, 0.6) is 0 Å². The minimum atomic E-state index is -0.355. The summed E-state index contributed by atoms with van der Waals surface area (Å²) in [6.45, 7) is 4.01. The second-order valence-corrected chi connectivity index (χ2v) is 4.89. The zero-order valence-corrected chi connectivity index (χ0v) is 9.71. The lowest BCUT2D eigenvalue weighted by atomic mass is 9.82. The average molecular weight is 213 g/mol. The molecule has 1 unspecified atom stereocenters. The minimum Gasteiger partial charge on any atom is -0.294 e. The molecule has 0 radical (unpaired) electrons. The fourth-order valence-corrected chi connectivity index (χ4v) is 2.45. The number of nitrogens with zero attached hydrogens (tertiary/aromatic N) is 1. The minimum absolute atomic E-state index is 0.206. The molecule has 0 saturated carbocycles. The zero-order valence-electron chi connectivity index (χ0n) is 9.71. The molecule has 0 fully saturated rings. The van der Waals surface area contributed by atoms with Crippen molar-refractivity contribution in [3.05, 3.63) is 34.9 Å². The molecule has 0 spiro atoms. The van der Waals surface area contributed by atoms with E-state index in [0.29, 0.717) is 12.8 Å². The maximum Gasteiger partial charge on any atom is 0.169 e. The third kappa shape index (κ3) is 1.63. The van der Waals surface area contributed by atoms with E-state index in [0.717, 1.165) is 17.5 Å². The van der Waals surface area contributed by atoms with Gasteiger partial charge in [0.15, 0.2) is 5.78 Å². The number of hydrogen-bond acceptors (Lipinski definition) is 2. The zero-order chi connectivity index (χ0) is 11.8. The number of Topliss-reactive ketones (excluding diaryl/α,β-unsaturated/α-hetero) is 1. The van der Waals surface area contributed by atoms with E-state index in [-0.39, 0.29) is 11.2 Å². The first-order chi connectivity index (χ1) is 7.57. The highest BCUT2D eigenvalue weighted by Gasteiger charge is 2.40. The Morgan fingerprint density at radius 3 is 2.94 bits per heavy atom. The van der Waals surface area contributed by atoms with Gasteiger partial charge in [-0.1, -0.05) is 30.7 Å². The maximum absolute atomic E-state index is 12.2. The molecule has 1 aromatic rings. The van der Waals surface area contributed by atoms with Crippen molar-refractivity contribution in [3.63, 3.8) is 0 Å². The van der Waals surface area contributed by atoms with Crippen LogP contribution in [-0.2, 0) is 6.42 Å². The van der Waals surface area contributed by atoms with E-state index < -0.39 is 0 Å². The van der Waals surface area contributed by atoms with Gasteiger partial charge in [0.1, 0.15) is 0 Å². The standard InChI is InChI=1S/C14H15NO/c1-10-4-5-12-11(8-10)9-14(2,13(12)16)6-3-7-15/h4-5,8H,3,6,9H2,1-2H3. The number of carbonyl (C=O) groups excluding carboxylic acids is 1. The van der Waals surface area contributed by atoms with Gasteiger partial charge in [0, 0.05) is 17.4 Å². The topological polar surface area (TPSA) is 40.9 Å². The second kappa shape index (κ2) is 3.75. The van der Waals surface area contributed by atoms with Gasteiger partial charge in [0.2, 0.25) is 0 Å². The van der Waals surface area contributed by atoms with Gasteiger partial charge in [-0.2, -0.15) is 5.26 Å². The van der Waals surface area contributed by atoms with Crippen molar-refractivity contribution < 1.29 is 4.79 Å².